The number of aromatic hydroxyl groups is 1. The molecule has 2 rings (SSSR count). The van der Waals surface area contributed by atoms with Crippen LogP contribution in [0, 0.1) is 11.6 Å². The number of benzene rings is 2. The molecule has 0 fully saturated rings. The highest BCUT2D eigenvalue weighted by atomic mass is 19.1. The highest BCUT2D eigenvalue weighted by Crippen LogP contribution is 2.10. The van der Waals surface area contributed by atoms with E-state index in [0.717, 1.165) is 17.7 Å². The first-order valence-corrected chi connectivity index (χ1v) is 6.07. The summed E-state index contributed by atoms with van der Waals surface area (Å²) in [5.41, 5.74) is 0.890. The number of phenols is 1. The monoisotopic (exact) mass is 277 g/mol. The molecule has 0 aromatic heterocycles. The summed E-state index contributed by atoms with van der Waals surface area (Å²) in [4.78, 5) is 11.7. The minimum Gasteiger partial charge on any atom is -0.508 e. The summed E-state index contributed by atoms with van der Waals surface area (Å²) < 4.78 is 25.9. The Labute approximate surface area is 114 Å². The molecule has 0 unspecified atom stereocenters. The number of amides is 1. The van der Waals surface area contributed by atoms with E-state index in [0.29, 0.717) is 19.0 Å². The first kappa shape index (κ1) is 14.0. The van der Waals surface area contributed by atoms with Gasteiger partial charge in [0.05, 0.1) is 0 Å². The molecule has 0 aliphatic heterocycles. The minimum atomic E-state index is -0.784. The topological polar surface area (TPSA) is 49.3 Å². The van der Waals surface area contributed by atoms with Gasteiger partial charge in [0.15, 0.2) is 0 Å². The normalized spacial score (nSPS) is 10.3. The van der Waals surface area contributed by atoms with Crippen molar-refractivity contribution in [2.75, 3.05) is 6.54 Å². The van der Waals surface area contributed by atoms with Crippen LogP contribution in [0.4, 0.5) is 8.78 Å². The van der Waals surface area contributed by atoms with E-state index in [2.05, 4.69) is 5.32 Å². The van der Waals surface area contributed by atoms with Crippen LogP contribution in [0.5, 0.6) is 5.75 Å². The van der Waals surface area contributed by atoms with Gasteiger partial charge < -0.3 is 10.4 Å². The van der Waals surface area contributed by atoms with Crippen molar-refractivity contribution in [2.24, 2.45) is 0 Å². The van der Waals surface area contributed by atoms with Crippen LogP contribution in [0.2, 0.25) is 0 Å². The summed E-state index contributed by atoms with van der Waals surface area (Å²) in [6.07, 6.45) is 0.559. The number of carbonyl (C=O) groups excluding carboxylic acids is 1. The Morgan fingerprint density at radius 3 is 2.25 bits per heavy atom. The van der Waals surface area contributed by atoms with Crippen molar-refractivity contribution in [1.82, 2.24) is 5.32 Å². The molecule has 0 aliphatic carbocycles. The van der Waals surface area contributed by atoms with Crippen LogP contribution >= 0.6 is 0 Å². The van der Waals surface area contributed by atoms with Crippen LogP contribution in [-0.4, -0.2) is 17.6 Å². The van der Waals surface area contributed by atoms with E-state index in [9.17, 15) is 13.6 Å². The lowest BCUT2D eigenvalue weighted by Crippen LogP contribution is -2.25. The zero-order valence-corrected chi connectivity index (χ0v) is 10.6. The predicted molar refractivity (Wildman–Crippen MR) is 70.5 cm³/mol. The number of nitrogens with one attached hydrogen (secondary N) is 1. The SMILES string of the molecule is O=C(NCCc1ccc(O)cc1)c1cc(F)cc(F)c1. The van der Waals surface area contributed by atoms with Crippen LogP contribution in [0.15, 0.2) is 42.5 Å². The van der Waals surface area contributed by atoms with E-state index in [4.69, 9.17) is 5.11 Å². The number of hydrogen-bond acceptors (Lipinski definition) is 2. The van der Waals surface area contributed by atoms with Crippen LogP contribution < -0.4 is 5.32 Å². The zero-order valence-electron chi connectivity index (χ0n) is 10.6. The molecule has 2 aromatic carbocycles. The molecule has 0 spiro atoms. The lowest BCUT2D eigenvalue weighted by molar-refractivity contribution is 0.0953. The quantitative estimate of drug-likeness (QED) is 0.902. The first-order valence-electron chi connectivity index (χ1n) is 6.07. The zero-order chi connectivity index (χ0) is 14.5. The van der Waals surface area contributed by atoms with Gasteiger partial charge in [0, 0.05) is 18.2 Å². The van der Waals surface area contributed by atoms with Gasteiger partial charge >= 0.3 is 0 Å². The summed E-state index contributed by atoms with van der Waals surface area (Å²) >= 11 is 0. The maximum Gasteiger partial charge on any atom is 0.251 e. The predicted octanol–water partition coefficient (Wildman–Crippen LogP) is 2.64. The maximum absolute atomic E-state index is 13.0. The van der Waals surface area contributed by atoms with Crippen LogP contribution in [0.3, 0.4) is 0 Å². The van der Waals surface area contributed by atoms with Gasteiger partial charge in [-0.3, -0.25) is 4.79 Å². The summed E-state index contributed by atoms with van der Waals surface area (Å²) in [5, 5.41) is 11.7. The van der Waals surface area contributed by atoms with Crippen molar-refractivity contribution in [1.29, 1.82) is 0 Å². The number of hydrogen-bond donors (Lipinski definition) is 2. The molecule has 0 saturated carbocycles. The van der Waals surface area contributed by atoms with Gasteiger partial charge in [-0.25, -0.2) is 8.78 Å². The summed E-state index contributed by atoms with van der Waals surface area (Å²) in [7, 11) is 0. The number of rotatable bonds is 4. The fraction of sp³-hybridized carbons (Fsp3) is 0.133. The van der Waals surface area contributed by atoms with E-state index in [1.54, 1.807) is 24.3 Å². The van der Waals surface area contributed by atoms with Gasteiger partial charge in [-0.15, -0.1) is 0 Å². The molecule has 104 valence electrons. The van der Waals surface area contributed by atoms with E-state index in [1.165, 1.54) is 0 Å². The van der Waals surface area contributed by atoms with Gasteiger partial charge in [-0.2, -0.15) is 0 Å². The van der Waals surface area contributed by atoms with Gasteiger partial charge in [0.1, 0.15) is 17.4 Å². The second-order valence-electron chi connectivity index (χ2n) is 4.33. The third-order valence-corrected chi connectivity index (χ3v) is 2.76. The maximum atomic E-state index is 13.0. The molecule has 1 amide bonds. The standard InChI is InChI=1S/C15H13F2NO2/c16-12-7-11(8-13(17)9-12)15(20)18-6-5-10-1-3-14(19)4-2-10/h1-4,7-9,19H,5-6H2,(H,18,20). The Morgan fingerprint density at radius 2 is 1.65 bits per heavy atom. The summed E-state index contributed by atoms with van der Waals surface area (Å²) in [6.45, 7) is 0.335. The molecule has 2 aromatic rings. The van der Waals surface area contributed by atoms with E-state index in [1.807, 2.05) is 0 Å². The number of halogens is 2. The lowest BCUT2D eigenvalue weighted by Gasteiger charge is -2.06. The molecular formula is C15H13F2NO2. The molecule has 3 nitrogen and oxygen atoms in total. The van der Waals surface area contributed by atoms with Gasteiger partial charge in [0.25, 0.3) is 5.91 Å². The van der Waals surface area contributed by atoms with Crippen molar-refractivity contribution >= 4 is 5.91 Å². The second-order valence-corrected chi connectivity index (χ2v) is 4.33. The molecule has 20 heavy (non-hydrogen) atoms. The average molecular weight is 277 g/mol. The van der Waals surface area contributed by atoms with Crippen LogP contribution in [-0.2, 0) is 6.42 Å². The second kappa shape index (κ2) is 6.14. The molecule has 0 bridgehead atoms. The van der Waals surface area contributed by atoms with Crippen molar-refractivity contribution < 1.29 is 18.7 Å². The minimum absolute atomic E-state index is 0.0480. The van der Waals surface area contributed by atoms with Gasteiger partial charge in [0.2, 0.25) is 0 Å². The highest BCUT2D eigenvalue weighted by Gasteiger charge is 2.08. The Kier molecular flexibility index (Phi) is 4.30. The summed E-state index contributed by atoms with van der Waals surface area (Å²) in [6, 6.07) is 9.27. The Balaban J connectivity index is 1.90. The number of carbonyl (C=O) groups is 1. The summed E-state index contributed by atoms with van der Waals surface area (Å²) in [5.74, 6) is -1.92. The molecule has 5 heteroatoms. The third kappa shape index (κ3) is 3.78. The smallest absolute Gasteiger partial charge is 0.251 e. The molecule has 0 radical (unpaired) electrons. The van der Waals surface area contributed by atoms with E-state index in [-0.39, 0.29) is 11.3 Å². The third-order valence-electron chi connectivity index (χ3n) is 2.76. The fourth-order valence-electron chi connectivity index (χ4n) is 1.77. The highest BCUT2D eigenvalue weighted by molar-refractivity contribution is 5.94. The Bertz CT molecular complexity index is 592. The van der Waals surface area contributed by atoms with Crippen molar-refractivity contribution in [3.05, 3.63) is 65.2 Å². The molecule has 2 N–H and O–H groups in total. The molecular weight excluding hydrogens is 264 g/mol. The van der Waals surface area contributed by atoms with Gasteiger partial charge in [-0.1, -0.05) is 12.1 Å². The van der Waals surface area contributed by atoms with E-state index >= 15 is 0 Å². The molecule has 0 aliphatic rings. The molecule has 0 atom stereocenters. The number of phenolic OH excluding ortho intramolecular Hbond substituents is 1. The van der Waals surface area contributed by atoms with Crippen molar-refractivity contribution in [3.8, 4) is 5.75 Å². The lowest BCUT2D eigenvalue weighted by atomic mass is 10.1. The van der Waals surface area contributed by atoms with Gasteiger partial charge in [-0.05, 0) is 36.2 Å². The Hall–Kier alpha value is -2.43. The van der Waals surface area contributed by atoms with Crippen LogP contribution in [0.25, 0.3) is 0 Å². The largest absolute Gasteiger partial charge is 0.508 e. The van der Waals surface area contributed by atoms with Crippen molar-refractivity contribution in [3.63, 3.8) is 0 Å². The molecule has 0 heterocycles. The first-order chi connectivity index (χ1) is 9.54. The molecule has 0 saturated heterocycles. The fourth-order valence-corrected chi connectivity index (χ4v) is 1.77. The van der Waals surface area contributed by atoms with Crippen molar-refractivity contribution in [2.45, 2.75) is 6.42 Å². The van der Waals surface area contributed by atoms with E-state index < -0.39 is 17.5 Å². The average Bonchev–Trinajstić information content (AvgIpc) is 2.40. The Morgan fingerprint density at radius 1 is 1.05 bits per heavy atom. The van der Waals surface area contributed by atoms with Crippen LogP contribution in [0.1, 0.15) is 15.9 Å².